The molecule has 2 saturated heterocycles. The van der Waals surface area contributed by atoms with E-state index in [1.807, 2.05) is 0 Å². The van der Waals surface area contributed by atoms with E-state index >= 15 is 0 Å². The Bertz CT molecular complexity index is 1340. The first-order chi connectivity index (χ1) is 17.3. The number of rotatable bonds is 7. The molecule has 2 aromatic carbocycles. The smallest absolute Gasteiger partial charge is 0.251 e. The van der Waals surface area contributed by atoms with Crippen LogP contribution in [0.5, 0.6) is 0 Å². The van der Waals surface area contributed by atoms with Gasteiger partial charge in [-0.2, -0.15) is 4.31 Å². The normalized spacial score (nSPS) is 17.7. The molecule has 0 atom stereocenters. The van der Waals surface area contributed by atoms with E-state index in [0.717, 1.165) is 56.2 Å². The van der Waals surface area contributed by atoms with Gasteiger partial charge in [-0.3, -0.25) is 9.69 Å². The number of carbonyl (C=O) groups excluding carboxylic acids is 1. The summed E-state index contributed by atoms with van der Waals surface area (Å²) >= 11 is 1.76. The lowest BCUT2D eigenvalue weighted by atomic mass is 10.1. The van der Waals surface area contributed by atoms with Crippen LogP contribution in [0.2, 0.25) is 0 Å². The number of carbonyl (C=O) groups is 1. The van der Waals surface area contributed by atoms with Crippen molar-refractivity contribution in [3.63, 3.8) is 0 Å². The molecule has 0 spiro atoms. The predicted octanol–water partition coefficient (Wildman–Crippen LogP) is 3.25. The van der Waals surface area contributed by atoms with E-state index in [4.69, 9.17) is 4.98 Å². The third kappa shape index (κ3) is 5.27. The third-order valence-electron chi connectivity index (χ3n) is 6.99. The summed E-state index contributed by atoms with van der Waals surface area (Å²) in [6.07, 6.45) is 1.80. The topological polar surface area (TPSA) is 85.9 Å². The molecular weight excluding hydrogens is 494 g/mol. The van der Waals surface area contributed by atoms with Gasteiger partial charge in [-0.05, 0) is 68.1 Å². The van der Waals surface area contributed by atoms with Crippen molar-refractivity contribution in [2.24, 2.45) is 0 Å². The molecule has 0 radical (unpaired) electrons. The van der Waals surface area contributed by atoms with Crippen LogP contribution in [0.15, 0.2) is 41.3 Å². The summed E-state index contributed by atoms with van der Waals surface area (Å²) in [6.45, 7) is 10.4. The summed E-state index contributed by atoms with van der Waals surface area (Å²) in [4.78, 5) is 22.4. The Balaban J connectivity index is 1.09. The number of aromatic nitrogens is 1. The molecule has 5 rings (SSSR count). The van der Waals surface area contributed by atoms with Gasteiger partial charge in [-0.15, -0.1) is 0 Å². The van der Waals surface area contributed by atoms with Crippen LogP contribution < -0.4 is 10.2 Å². The summed E-state index contributed by atoms with van der Waals surface area (Å²) in [6, 6.07) is 10.7. The Morgan fingerprint density at radius 1 is 1.00 bits per heavy atom. The van der Waals surface area contributed by atoms with E-state index in [2.05, 4.69) is 41.1 Å². The van der Waals surface area contributed by atoms with Gasteiger partial charge in [0.05, 0.1) is 15.1 Å². The molecule has 3 aromatic rings. The second-order valence-corrected chi connectivity index (χ2v) is 12.6. The number of piperazine rings is 1. The van der Waals surface area contributed by atoms with Crippen molar-refractivity contribution in [3.05, 3.63) is 53.1 Å². The minimum absolute atomic E-state index is 0.182. The molecule has 0 aliphatic carbocycles. The zero-order chi connectivity index (χ0) is 25.3. The lowest BCUT2D eigenvalue weighted by Crippen LogP contribution is -2.48. The standard InChI is InChI=1S/C26H33N5O3S2/c1-19-17-20(2)24-23(18-19)35-26(28-24)30-15-13-29(14-16-30)12-9-27-25(32)21-5-7-22(8-6-21)36(33,34)31-10-3-4-11-31/h5-8,17-18H,3-4,9-16H2,1-2H3,(H,27,32). The summed E-state index contributed by atoms with van der Waals surface area (Å²) < 4.78 is 28.1. The van der Waals surface area contributed by atoms with Crippen molar-refractivity contribution in [2.45, 2.75) is 31.6 Å². The number of nitrogens with one attached hydrogen (secondary N) is 1. The minimum atomic E-state index is -3.46. The SMILES string of the molecule is Cc1cc(C)c2nc(N3CCN(CCNC(=O)c4ccc(S(=O)(=O)N5CCCC5)cc4)CC3)sc2c1. The molecule has 1 N–H and O–H groups in total. The average molecular weight is 528 g/mol. The fourth-order valence-electron chi connectivity index (χ4n) is 4.94. The second kappa shape index (κ2) is 10.5. The summed E-state index contributed by atoms with van der Waals surface area (Å²) in [5, 5.41) is 4.05. The molecule has 2 aliphatic heterocycles. The Morgan fingerprint density at radius 2 is 1.69 bits per heavy atom. The maximum absolute atomic E-state index is 12.7. The number of sulfonamides is 1. The number of amides is 1. The van der Waals surface area contributed by atoms with Crippen molar-refractivity contribution in [2.75, 3.05) is 57.3 Å². The second-order valence-electron chi connectivity index (χ2n) is 9.65. The number of hydrogen-bond donors (Lipinski definition) is 1. The van der Waals surface area contributed by atoms with Gasteiger partial charge in [-0.1, -0.05) is 17.4 Å². The van der Waals surface area contributed by atoms with E-state index in [0.29, 0.717) is 25.2 Å². The molecule has 36 heavy (non-hydrogen) atoms. The van der Waals surface area contributed by atoms with Crippen LogP contribution >= 0.6 is 11.3 Å². The molecule has 8 nitrogen and oxygen atoms in total. The molecule has 2 aliphatic rings. The molecule has 192 valence electrons. The van der Waals surface area contributed by atoms with E-state index in [1.165, 1.54) is 32.3 Å². The van der Waals surface area contributed by atoms with Gasteiger partial charge in [0.1, 0.15) is 0 Å². The first-order valence-electron chi connectivity index (χ1n) is 12.5. The number of benzene rings is 2. The van der Waals surface area contributed by atoms with Crippen LogP contribution in [0, 0.1) is 13.8 Å². The highest BCUT2D eigenvalue weighted by Crippen LogP contribution is 2.32. The first kappa shape index (κ1) is 25.1. The van der Waals surface area contributed by atoms with Crippen LogP contribution in [-0.4, -0.2) is 80.9 Å². The van der Waals surface area contributed by atoms with Crippen molar-refractivity contribution in [1.29, 1.82) is 0 Å². The fraction of sp³-hybridized carbons (Fsp3) is 0.462. The molecule has 0 saturated carbocycles. The molecular formula is C26H33N5O3S2. The minimum Gasteiger partial charge on any atom is -0.351 e. The highest BCUT2D eigenvalue weighted by atomic mass is 32.2. The highest BCUT2D eigenvalue weighted by Gasteiger charge is 2.27. The predicted molar refractivity (Wildman–Crippen MR) is 145 cm³/mol. The fourth-order valence-corrected chi connectivity index (χ4v) is 7.65. The Kier molecular flexibility index (Phi) is 7.30. The van der Waals surface area contributed by atoms with E-state index in [9.17, 15) is 13.2 Å². The largest absolute Gasteiger partial charge is 0.351 e. The molecule has 10 heteroatoms. The van der Waals surface area contributed by atoms with Gasteiger partial charge in [0.25, 0.3) is 5.91 Å². The lowest BCUT2D eigenvalue weighted by molar-refractivity contribution is 0.0947. The maximum Gasteiger partial charge on any atom is 0.251 e. The molecule has 0 bridgehead atoms. The molecule has 1 amide bonds. The first-order valence-corrected chi connectivity index (χ1v) is 14.8. The molecule has 3 heterocycles. The van der Waals surface area contributed by atoms with Gasteiger partial charge in [0, 0.05) is 57.9 Å². The molecule has 1 aromatic heterocycles. The van der Waals surface area contributed by atoms with E-state index < -0.39 is 10.0 Å². The van der Waals surface area contributed by atoms with Crippen LogP contribution in [0.25, 0.3) is 10.2 Å². The summed E-state index contributed by atoms with van der Waals surface area (Å²) in [5.74, 6) is -0.182. The maximum atomic E-state index is 12.7. The zero-order valence-electron chi connectivity index (χ0n) is 20.9. The van der Waals surface area contributed by atoms with Crippen LogP contribution in [-0.2, 0) is 10.0 Å². The van der Waals surface area contributed by atoms with E-state index in [-0.39, 0.29) is 10.8 Å². The summed E-state index contributed by atoms with van der Waals surface area (Å²) in [5.41, 5.74) is 4.07. The molecule has 2 fully saturated rings. The van der Waals surface area contributed by atoms with Crippen LogP contribution in [0.1, 0.15) is 34.3 Å². The van der Waals surface area contributed by atoms with Gasteiger partial charge in [0.2, 0.25) is 10.0 Å². The summed E-state index contributed by atoms with van der Waals surface area (Å²) in [7, 11) is -3.46. The van der Waals surface area contributed by atoms with Gasteiger partial charge < -0.3 is 10.2 Å². The van der Waals surface area contributed by atoms with Crippen LogP contribution in [0.4, 0.5) is 5.13 Å². The van der Waals surface area contributed by atoms with Gasteiger partial charge in [-0.25, -0.2) is 13.4 Å². The van der Waals surface area contributed by atoms with Crippen LogP contribution in [0.3, 0.4) is 0 Å². The zero-order valence-corrected chi connectivity index (χ0v) is 22.5. The van der Waals surface area contributed by atoms with Crippen molar-refractivity contribution < 1.29 is 13.2 Å². The highest BCUT2D eigenvalue weighted by molar-refractivity contribution is 7.89. The Hall–Kier alpha value is -2.53. The number of nitrogens with zero attached hydrogens (tertiary/aromatic N) is 4. The Morgan fingerprint density at radius 3 is 2.39 bits per heavy atom. The average Bonchev–Trinajstić information content (AvgIpc) is 3.56. The van der Waals surface area contributed by atoms with Crippen molar-refractivity contribution in [1.82, 2.24) is 19.5 Å². The number of fused-ring (bicyclic) bond motifs is 1. The Labute approximate surface area is 217 Å². The quantitative estimate of drug-likeness (QED) is 0.508. The number of anilines is 1. The molecule has 0 unspecified atom stereocenters. The van der Waals surface area contributed by atoms with E-state index in [1.54, 1.807) is 23.5 Å². The van der Waals surface area contributed by atoms with Gasteiger partial charge in [0.15, 0.2) is 5.13 Å². The lowest BCUT2D eigenvalue weighted by Gasteiger charge is -2.34. The number of thiazole rings is 1. The van der Waals surface area contributed by atoms with Crippen molar-refractivity contribution in [3.8, 4) is 0 Å². The third-order valence-corrected chi connectivity index (χ3v) is 9.97. The number of hydrogen-bond acceptors (Lipinski definition) is 7. The monoisotopic (exact) mass is 527 g/mol. The van der Waals surface area contributed by atoms with Crippen molar-refractivity contribution >= 4 is 42.6 Å². The number of aryl methyl sites for hydroxylation is 2. The van der Waals surface area contributed by atoms with Gasteiger partial charge >= 0.3 is 0 Å².